The fourth-order valence-electron chi connectivity index (χ4n) is 2.36. The Labute approximate surface area is 128 Å². The summed E-state index contributed by atoms with van der Waals surface area (Å²) in [5.74, 6) is 1.03. The minimum atomic E-state index is -0.264. The highest BCUT2D eigenvalue weighted by molar-refractivity contribution is 5.95. The smallest absolute Gasteiger partial charge is 0.251 e. The van der Waals surface area contributed by atoms with Crippen LogP contribution in [0, 0.1) is 0 Å². The zero-order valence-corrected chi connectivity index (χ0v) is 12.9. The van der Waals surface area contributed by atoms with Crippen LogP contribution in [0.1, 0.15) is 23.2 Å². The third-order valence-electron chi connectivity index (χ3n) is 3.52. The van der Waals surface area contributed by atoms with Crippen LogP contribution < -0.4 is 24.8 Å². The van der Waals surface area contributed by atoms with Crippen molar-refractivity contribution in [1.29, 1.82) is 0 Å². The molecule has 7 heteroatoms. The number of amides is 2. The van der Waals surface area contributed by atoms with Crippen LogP contribution in [0.3, 0.4) is 0 Å². The Bertz CT molecular complexity index is 548. The zero-order valence-electron chi connectivity index (χ0n) is 12.9. The zero-order chi connectivity index (χ0) is 16.1. The summed E-state index contributed by atoms with van der Waals surface area (Å²) >= 11 is 0. The first kappa shape index (κ1) is 15.9. The maximum Gasteiger partial charge on any atom is 0.251 e. The molecule has 2 N–H and O–H groups in total. The van der Waals surface area contributed by atoms with E-state index in [1.165, 1.54) is 21.3 Å². The summed E-state index contributed by atoms with van der Waals surface area (Å²) < 4.78 is 15.7. The molecule has 0 aliphatic carbocycles. The van der Waals surface area contributed by atoms with Gasteiger partial charge < -0.3 is 24.8 Å². The van der Waals surface area contributed by atoms with Crippen LogP contribution in [0.4, 0.5) is 0 Å². The molecule has 0 spiro atoms. The van der Waals surface area contributed by atoms with Gasteiger partial charge in [-0.1, -0.05) is 0 Å². The Balaban J connectivity index is 2.10. The van der Waals surface area contributed by atoms with Crippen LogP contribution in [0.2, 0.25) is 0 Å². The molecule has 1 heterocycles. The highest BCUT2D eigenvalue weighted by Crippen LogP contribution is 2.38. The Morgan fingerprint density at radius 1 is 1.23 bits per heavy atom. The van der Waals surface area contributed by atoms with Gasteiger partial charge in [-0.3, -0.25) is 9.59 Å². The summed E-state index contributed by atoms with van der Waals surface area (Å²) in [6.45, 7) is 0.390. The third-order valence-corrected chi connectivity index (χ3v) is 3.52. The molecule has 1 fully saturated rings. The van der Waals surface area contributed by atoms with Crippen molar-refractivity contribution < 1.29 is 23.8 Å². The molecule has 22 heavy (non-hydrogen) atoms. The molecule has 2 amide bonds. The highest BCUT2D eigenvalue weighted by atomic mass is 16.5. The number of rotatable bonds is 6. The molecule has 120 valence electrons. The van der Waals surface area contributed by atoms with E-state index >= 15 is 0 Å². The number of nitrogens with one attached hydrogen (secondary N) is 2. The van der Waals surface area contributed by atoms with E-state index in [0.717, 1.165) is 6.42 Å². The molecular weight excluding hydrogens is 288 g/mol. The van der Waals surface area contributed by atoms with Gasteiger partial charge in [-0.05, 0) is 18.6 Å². The van der Waals surface area contributed by atoms with Gasteiger partial charge in [-0.15, -0.1) is 0 Å². The van der Waals surface area contributed by atoms with Crippen molar-refractivity contribution in [3.8, 4) is 17.2 Å². The fraction of sp³-hybridized carbons (Fsp3) is 0.467. The van der Waals surface area contributed by atoms with Gasteiger partial charge in [0.1, 0.15) is 0 Å². The highest BCUT2D eigenvalue weighted by Gasteiger charge is 2.22. The van der Waals surface area contributed by atoms with Crippen molar-refractivity contribution >= 4 is 11.8 Å². The van der Waals surface area contributed by atoms with Crippen LogP contribution in [-0.2, 0) is 4.79 Å². The molecule has 1 saturated heterocycles. The minimum absolute atomic E-state index is 0.0153. The third kappa shape index (κ3) is 3.41. The molecule has 7 nitrogen and oxygen atoms in total. The van der Waals surface area contributed by atoms with Crippen molar-refractivity contribution in [3.63, 3.8) is 0 Å². The Morgan fingerprint density at radius 3 is 2.32 bits per heavy atom. The molecule has 1 atom stereocenters. The van der Waals surface area contributed by atoms with E-state index in [0.29, 0.717) is 35.8 Å². The number of ether oxygens (including phenoxy) is 3. The fourth-order valence-corrected chi connectivity index (χ4v) is 2.36. The first-order chi connectivity index (χ1) is 10.6. The molecule has 0 bridgehead atoms. The number of methoxy groups -OCH3 is 3. The van der Waals surface area contributed by atoms with Gasteiger partial charge in [0, 0.05) is 24.6 Å². The van der Waals surface area contributed by atoms with Gasteiger partial charge in [0.05, 0.1) is 21.3 Å². The summed E-state index contributed by atoms with van der Waals surface area (Å²) in [4.78, 5) is 23.4. The van der Waals surface area contributed by atoms with Gasteiger partial charge in [0.2, 0.25) is 11.7 Å². The molecule has 1 aliphatic heterocycles. The van der Waals surface area contributed by atoms with E-state index < -0.39 is 0 Å². The number of benzene rings is 1. The summed E-state index contributed by atoms with van der Waals surface area (Å²) in [7, 11) is 4.49. The van der Waals surface area contributed by atoms with Crippen molar-refractivity contribution in [2.45, 2.75) is 18.9 Å². The van der Waals surface area contributed by atoms with E-state index in [1.807, 2.05) is 0 Å². The second-order valence-corrected chi connectivity index (χ2v) is 4.93. The Hall–Kier alpha value is -2.44. The maximum atomic E-state index is 12.2. The van der Waals surface area contributed by atoms with Gasteiger partial charge in [-0.25, -0.2) is 0 Å². The molecule has 0 aromatic heterocycles. The lowest BCUT2D eigenvalue weighted by atomic mass is 10.1. The quantitative estimate of drug-likeness (QED) is 0.809. The van der Waals surface area contributed by atoms with Gasteiger partial charge in [0.25, 0.3) is 5.91 Å². The predicted molar refractivity (Wildman–Crippen MR) is 79.6 cm³/mol. The Kier molecular flexibility index (Phi) is 5.08. The molecular formula is C15H20N2O5. The first-order valence-electron chi connectivity index (χ1n) is 6.96. The normalized spacial score (nSPS) is 16.9. The van der Waals surface area contributed by atoms with Crippen LogP contribution in [-0.4, -0.2) is 45.7 Å². The van der Waals surface area contributed by atoms with Crippen molar-refractivity contribution in [2.24, 2.45) is 0 Å². The van der Waals surface area contributed by atoms with E-state index in [-0.39, 0.29) is 17.9 Å². The lowest BCUT2D eigenvalue weighted by molar-refractivity contribution is -0.119. The summed E-state index contributed by atoms with van der Waals surface area (Å²) in [6, 6.07) is 3.16. The van der Waals surface area contributed by atoms with Crippen LogP contribution in [0.5, 0.6) is 17.2 Å². The molecule has 0 saturated carbocycles. The largest absolute Gasteiger partial charge is 0.493 e. The lowest BCUT2D eigenvalue weighted by Gasteiger charge is -2.15. The number of carbonyl (C=O) groups excluding carboxylic acids is 2. The van der Waals surface area contributed by atoms with Gasteiger partial charge >= 0.3 is 0 Å². The monoisotopic (exact) mass is 308 g/mol. The maximum absolute atomic E-state index is 12.2. The van der Waals surface area contributed by atoms with Crippen molar-refractivity contribution in [3.05, 3.63) is 17.7 Å². The van der Waals surface area contributed by atoms with Crippen LogP contribution in [0.15, 0.2) is 12.1 Å². The minimum Gasteiger partial charge on any atom is -0.493 e. The van der Waals surface area contributed by atoms with Crippen LogP contribution >= 0.6 is 0 Å². The predicted octanol–water partition coefficient (Wildman–Crippen LogP) is 0.721. The molecule has 1 aliphatic rings. The van der Waals surface area contributed by atoms with Gasteiger partial charge in [-0.2, -0.15) is 0 Å². The lowest BCUT2D eigenvalue weighted by Crippen LogP contribution is -2.38. The standard InChI is InChI=1S/C15H20N2O5/c1-20-11-6-9(7-12(21-2)14(11)22-3)15(19)16-8-10-4-5-13(18)17-10/h6-7,10H,4-5,8H2,1-3H3,(H,16,19)(H,17,18). The average molecular weight is 308 g/mol. The summed E-state index contributed by atoms with van der Waals surface area (Å²) in [6.07, 6.45) is 1.24. The average Bonchev–Trinajstić information content (AvgIpc) is 2.96. The summed E-state index contributed by atoms with van der Waals surface area (Å²) in [5.41, 5.74) is 0.402. The second kappa shape index (κ2) is 7.02. The van der Waals surface area contributed by atoms with E-state index in [4.69, 9.17) is 14.2 Å². The Morgan fingerprint density at radius 2 is 1.86 bits per heavy atom. The van der Waals surface area contributed by atoms with Gasteiger partial charge in [0.15, 0.2) is 11.5 Å². The summed E-state index contributed by atoms with van der Waals surface area (Å²) in [5, 5.41) is 5.60. The molecule has 2 rings (SSSR count). The van der Waals surface area contributed by atoms with E-state index in [9.17, 15) is 9.59 Å². The van der Waals surface area contributed by atoms with E-state index in [2.05, 4.69) is 10.6 Å². The van der Waals surface area contributed by atoms with E-state index in [1.54, 1.807) is 12.1 Å². The molecule has 1 unspecified atom stereocenters. The van der Waals surface area contributed by atoms with Crippen LogP contribution in [0.25, 0.3) is 0 Å². The van der Waals surface area contributed by atoms with Crippen molar-refractivity contribution in [2.75, 3.05) is 27.9 Å². The second-order valence-electron chi connectivity index (χ2n) is 4.93. The SMILES string of the molecule is COc1cc(C(=O)NCC2CCC(=O)N2)cc(OC)c1OC. The number of carbonyl (C=O) groups is 2. The molecule has 1 aromatic carbocycles. The molecule has 0 radical (unpaired) electrons. The topological polar surface area (TPSA) is 85.9 Å². The number of hydrogen-bond donors (Lipinski definition) is 2. The first-order valence-corrected chi connectivity index (χ1v) is 6.96. The van der Waals surface area contributed by atoms with Crippen molar-refractivity contribution in [1.82, 2.24) is 10.6 Å². The molecule has 1 aromatic rings. The number of hydrogen-bond acceptors (Lipinski definition) is 5.